The molecule has 0 atom stereocenters. The summed E-state index contributed by atoms with van der Waals surface area (Å²) in [4.78, 5) is 0. The molecule has 0 aliphatic heterocycles. The SMILES string of the molecule is NCCCc1ccc(C2CCC2)cc1. The Bertz CT molecular complexity index is 272. The Morgan fingerprint density at radius 3 is 2.36 bits per heavy atom. The molecule has 0 amide bonds. The largest absolute Gasteiger partial charge is 0.330 e. The van der Waals surface area contributed by atoms with Crippen LogP contribution in [0.4, 0.5) is 0 Å². The van der Waals surface area contributed by atoms with E-state index in [1.807, 2.05) is 0 Å². The molecule has 0 bridgehead atoms. The monoisotopic (exact) mass is 189 g/mol. The lowest BCUT2D eigenvalue weighted by Gasteiger charge is -2.25. The lowest BCUT2D eigenvalue weighted by Crippen LogP contribution is -2.08. The van der Waals surface area contributed by atoms with Crippen molar-refractivity contribution in [2.24, 2.45) is 5.73 Å². The number of hydrogen-bond donors (Lipinski definition) is 1. The number of rotatable bonds is 4. The maximum Gasteiger partial charge on any atom is -0.00741 e. The third-order valence-corrected chi connectivity index (χ3v) is 3.23. The maximum atomic E-state index is 5.49. The Balaban J connectivity index is 1.95. The Morgan fingerprint density at radius 1 is 1.14 bits per heavy atom. The third kappa shape index (κ3) is 2.16. The number of hydrogen-bond acceptors (Lipinski definition) is 1. The summed E-state index contributed by atoms with van der Waals surface area (Å²) in [6, 6.07) is 9.14. The van der Waals surface area contributed by atoms with E-state index in [9.17, 15) is 0 Å². The average Bonchev–Trinajstić information content (AvgIpc) is 2.14. The third-order valence-electron chi connectivity index (χ3n) is 3.23. The van der Waals surface area contributed by atoms with Gasteiger partial charge < -0.3 is 5.73 Å². The van der Waals surface area contributed by atoms with Crippen molar-refractivity contribution in [2.75, 3.05) is 6.54 Å². The molecule has 2 N–H and O–H groups in total. The van der Waals surface area contributed by atoms with E-state index < -0.39 is 0 Å². The molecular weight excluding hydrogens is 170 g/mol. The van der Waals surface area contributed by atoms with Crippen LogP contribution >= 0.6 is 0 Å². The molecule has 1 nitrogen and oxygen atoms in total. The average molecular weight is 189 g/mol. The molecule has 1 saturated carbocycles. The molecule has 1 aliphatic rings. The van der Waals surface area contributed by atoms with Crippen molar-refractivity contribution in [3.8, 4) is 0 Å². The molecule has 0 saturated heterocycles. The van der Waals surface area contributed by atoms with Crippen LogP contribution in [-0.4, -0.2) is 6.54 Å². The van der Waals surface area contributed by atoms with E-state index in [4.69, 9.17) is 5.73 Å². The molecule has 0 unspecified atom stereocenters. The molecule has 1 aliphatic carbocycles. The fourth-order valence-electron chi connectivity index (χ4n) is 2.00. The molecule has 0 radical (unpaired) electrons. The molecule has 0 heterocycles. The van der Waals surface area contributed by atoms with Gasteiger partial charge in [-0.05, 0) is 49.3 Å². The van der Waals surface area contributed by atoms with E-state index in [1.54, 1.807) is 0 Å². The zero-order valence-corrected chi connectivity index (χ0v) is 8.71. The highest BCUT2D eigenvalue weighted by molar-refractivity contribution is 5.26. The van der Waals surface area contributed by atoms with Gasteiger partial charge in [-0.15, -0.1) is 0 Å². The first-order chi connectivity index (χ1) is 6.90. The van der Waals surface area contributed by atoms with E-state index in [-0.39, 0.29) is 0 Å². The van der Waals surface area contributed by atoms with Crippen LogP contribution in [0.25, 0.3) is 0 Å². The van der Waals surface area contributed by atoms with E-state index in [0.29, 0.717) is 0 Å². The first kappa shape index (κ1) is 9.72. The minimum Gasteiger partial charge on any atom is -0.330 e. The maximum absolute atomic E-state index is 5.49. The van der Waals surface area contributed by atoms with Gasteiger partial charge >= 0.3 is 0 Å². The van der Waals surface area contributed by atoms with Gasteiger partial charge in [0.2, 0.25) is 0 Å². The van der Waals surface area contributed by atoms with Crippen molar-refractivity contribution in [2.45, 2.75) is 38.0 Å². The first-order valence-electron chi connectivity index (χ1n) is 5.69. The second-order valence-corrected chi connectivity index (χ2v) is 4.26. The zero-order chi connectivity index (χ0) is 9.80. The topological polar surface area (TPSA) is 26.0 Å². The van der Waals surface area contributed by atoms with Crippen LogP contribution in [0, 0.1) is 0 Å². The van der Waals surface area contributed by atoms with Gasteiger partial charge in [0, 0.05) is 0 Å². The Kier molecular flexibility index (Phi) is 3.20. The predicted octanol–water partition coefficient (Wildman–Crippen LogP) is 2.85. The van der Waals surface area contributed by atoms with Crippen LogP contribution in [0.5, 0.6) is 0 Å². The predicted molar refractivity (Wildman–Crippen MR) is 60.4 cm³/mol. The summed E-state index contributed by atoms with van der Waals surface area (Å²) in [6.45, 7) is 0.796. The van der Waals surface area contributed by atoms with E-state index >= 15 is 0 Å². The number of benzene rings is 1. The summed E-state index contributed by atoms with van der Waals surface area (Å²) in [6.07, 6.45) is 6.42. The summed E-state index contributed by atoms with van der Waals surface area (Å²) in [7, 11) is 0. The lowest BCUT2D eigenvalue weighted by molar-refractivity contribution is 0.419. The zero-order valence-electron chi connectivity index (χ0n) is 8.71. The second kappa shape index (κ2) is 4.61. The molecule has 0 spiro atoms. The second-order valence-electron chi connectivity index (χ2n) is 4.26. The molecule has 1 fully saturated rings. The minimum absolute atomic E-state index is 0.796. The summed E-state index contributed by atoms with van der Waals surface area (Å²) in [5.74, 6) is 0.860. The highest BCUT2D eigenvalue weighted by atomic mass is 14.5. The smallest absolute Gasteiger partial charge is 0.00741 e. The van der Waals surface area contributed by atoms with E-state index in [2.05, 4.69) is 24.3 Å². The number of nitrogens with two attached hydrogens (primary N) is 1. The van der Waals surface area contributed by atoms with Crippen molar-refractivity contribution >= 4 is 0 Å². The van der Waals surface area contributed by atoms with Crippen molar-refractivity contribution in [1.82, 2.24) is 0 Å². The Hall–Kier alpha value is -0.820. The molecule has 76 valence electrons. The quantitative estimate of drug-likeness (QED) is 0.774. The van der Waals surface area contributed by atoms with Gasteiger partial charge in [0.25, 0.3) is 0 Å². The lowest BCUT2D eigenvalue weighted by atomic mass is 9.80. The van der Waals surface area contributed by atoms with Crippen molar-refractivity contribution < 1.29 is 0 Å². The Labute approximate surface area is 86.3 Å². The fourth-order valence-corrected chi connectivity index (χ4v) is 2.00. The summed E-state index contributed by atoms with van der Waals surface area (Å²) < 4.78 is 0. The summed E-state index contributed by atoms with van der Waals surface area (Å²) in [5, 5.41) is 0. The van der Waals surface area contributed by atoms with E-state index in [1.165, 1.54) is 30.4 Å². The van der Waals surface area contributed by atoms with Crippen LogP contribution in [0.1, 0.15) is 42.7 Å². The molecule has 1 aromatic rings. The van der Waals surface area contributed by atoms with E-state index in [0.717, 1.165) is 25.3 Å². The fraction of sp³-hybridized carbons (Fsp3) is 0.538. The van der Waals surface area contributed by atoms with Gasteiger partial charge in [-0.25, -0.2) is 0 Å². The van der Waals surface area contributed by atoms with Crippen LogP contribution in [-0.2, 0) is 6.42 Å². The molecule has 0 aromatic heterocycles. The standard InChI is InChI=1S/C13H19N/c14-10-2-3-11-6-8-13(9-7-11)12-4-1-5-12/h6-9,12H,1-5,10,14H2. The van der Waals surface area contributed by atoms with Crippen molar-refractivity contribution in [3.05, 3.63) is 35.4 Å². The Morgan fingerprint density at radius 2 is 1.86 bits per heavy atom. The molecule has 1 heteroatoms. The normalized spacial score (nSPS) is 16.6. The molecule has 2 rings (SSSR count). The van der Waals surface area contributed by atoms with Crippen molar-refractivity contribution in [3.63, 3.8) is 0 Å². The minimum atomic E-state index is 0.796. The van der Waals surface area contributed by atoms with Gasteiger partial charge in [-0.3, -0.25) is 0 Å². The summed E-state index contributed by atoms with van der Waals surface area (Å²) in [5.41, 5.74) is 8.45. The van der Waals surface area contributed by atoms with Crippen LogP contribution in [0.15, 0.2) is 24.3 Å². The van der Waals surface area contributed by atoms with Gasteiger partial charge in [-0.1, -0.05) is 30.7 Å². The summed E-state index contributed by atoms with van der Waals surface area (Å²) >= 11 is 0. The highest BCUT2D eigenvalue weighted by Gasteiger charge is 2.18. The van der Waals surface area contributed by atoms with Gasteiger partial charge in [0.05, 0.1) is 0 Å². The molecule has 1 aromatic carbocycles. The molecule has 14 heavy (non-hydrogen) atoms. The van der Waals surface area contributed by atoms with Crippen LogP contribution in [0.2, 0.25) is 0 Å². The van der Waals surface area contributed by atoms with Gasteiger partial charge in [0.1, 0.15) is 0 Å². The van der Waals surface area contributed by atoms with Crippen LogP contribution in [0.3, 0.4) is 0 Å². The van der Waals surface area contributed by atoms with Gasteiger partial charge in [0.15, 0.2) is 0 Å². The van der Waals surface area contributed by atoms with Gasteiger partial charge in [-0.2, -0.15) is 0 Å². The number of aryl methyl sites for hydroxylation is 1. The van der Waals surface area contributed by atoms with Crippen LogP contribution < -0.4 is 5.73 Å². The first-order valence-corrected chi connectivity index (χ1v) is 5.69. The highest BCUT2D eigenvalue weighted by Crippen LogP contribution is 2.36. The van der Waals surface area contributed by atoms with Crippen molar-refractivity contribution in [1.29, 1.82) is 0 Å². The molecular formula is C13H19N.